The monoisotopic (exact) mass is 459 g/mol. The lowest BCUT2D eigenvalue weighted by molar-refractivity contribution is -0.141. The van der Waals surface area contributed by atoms with Crippen molar-refractivity contribution in [2.75, 3.05) is 17.3 Å². The molecule has 0 saturated carbocycles. The first-order valence-corrected chi connectivity index (χ1v) is 12.8. The second-order valence-electron chi connectivity index (χ2n) is 8.57. The highest BCUT2D eigenvalue weighted by Crippen LogP contribution is 2.40. The van der Waals surface area contributed by atoms with E-state index in [0.29, 0.717) is 22.5 Å². The van der Waals surface area contributed by atoms with Crippen molar-refractivity contribution in [1.29, 1.82) is 0 Å². The van der Waals surface area contributed by atoms with Gasteiger partial charge in [0.05, 0.1) is 22.2 Å². The van der Waals surface area contributed by atoms with Gasteiger partial charge in [-0.05, 0) is 13.8 Å². The van der Waals surface area contributed by atoms with Gasteiger partial charge in [-0.25, -0.2) is 4.79 Å². The molecular weight excluding hydrogens is 426 g/mol. The molecule has 0 aromatic heterocycles. The van der Waals surface area contributed by atoms with Crippen LogP contribution in [0.2, 0.25) is 0 Å². The summed E-state index contributed by atoms with van der Waals surface area (Å²) >= 11 is 4.86. The molecule has 4 atom stereocenters. The molecule has 2 aliphatic heterocycles. The maximum atomic E-state index is 11.5. The summed E-state index contributed by atoms with van der Waals surface area (Å²) in [5.74, 6) is 1.38. The van der Waals surface area contributed by atoms with Gasteiger partial charge in [0, 0.05) is 39.5 Å². The number of hydrogen-bond acceptors (Lipinski definition) is 8. The molecular formula is C20H33N3O3S3. The van der Waals surface area contributed by atoms with E-state index in [2.05, 4.69) is 24.9 Å². The van der Waals surface area contributed by atoms with Crippen LogP contribution < -0.4 is 5.73 Å². The summed E-state index contributed by atoms with van der Waals surface area (Å²) in [4.78, 5) is 21.9. The number of nitrogens with zero attached hydrogens (tertiary/aromatic N) is 2. The summed E-state index contributed by atoms with van der Waals surface area (Å²) in [7, 11) is 0. The van der Waals surface area contributed by atoms with Crippen LogP contribution in [0.5, 0.6) is 0 Å². The second kappa shape index (κ2) is 9.77. The van der Waals surface area contributed by atoms with Crippen LogP contribution in [0.3, 0.4) is 0 Å². The van der Waals surface area contributed by atoms with Gasteiger partial charge >= 0.3 is 5.97 Å². The number of carboxylic acid groups (broad SMARTS) is 1. The number of thioether (sulfide) groups is 3. The van der Waals surface area contributed by atoms with Gasteiger partial charge in [-0.1, -0.05) is 33.8 Å². The molecule has 0 amide bonds. The lowest BCUT2D eigenvalue weighted by Gasteiger charge is -2.34. The van der Waals surface area contributed by atoms with Gasteiger partial charge in [0.25, 0.3) is 0 Å². The number of carbonyl (C=O) groups is 1. The minimum atomic E-state index is -1.14. The molecule has 2 aliphatic rings. The zero-order chi connectivity index (χ0) is 22.0. The van der Waals surface area contributed by atoms with E-state index in [0.717, 1.165) is 5.75 Å². The Balaban J connectivity index is 2.01. The summed E-state index contributed by atoms with van der Waals surface area (Å²) in [5, 5.41) is 22.2. The average Bonchev–Trinajstić information content (AvgIpc) is 3.30. The second-order valence-corrected chi connectivity index (χ2v) is 11.7. The number of hydrogen-bond donors (Lipinski definition) is 3. The number of carboxylic acids is 1. The van der Waals surface area contributed by atoms with Crippen molar-refractivity contribution in [2.24, 2.45) is 27.1 Å². The van der Waals surface area contributed by atoms with Gasteiger partial charge in [-0.3, -0.25) is 9.98 Å². The van der Waals surface area contributed by atoms with Crippen molar-refractivity contribution in [3.05, 3.63) is 11.0 Å². The fraction of sp³-hybridized carbons (Fsp3) is 0.750. The molecule has 6 nitrogen and oxygen atoms in total. The largest absolute Gasteiger partial charge is 0.479 e. The van der Waals surface area contributed by atoms with Crippen LogP contribution in [-0.2, 0) is 4.79 Å². The molecule has 0 radical (unpaired) electrons. The van der Waals surface area contributed by atoms with Crippen LogP contribution in [0.4, 0.5) is 0 Å². The third-order valence-electron chi connectivity index (χ3n) is 5.22. The van der Waals surface area contributed by atoms with E-state index in [-0.39, 0.29) is 6.04 Å². The van der Waals surface area contributed by atoms with Crippen LogP contribution in [0.1, 0.15) is 41.5 Å². The highest BCUT2D eigenvalue weighted by molar-refractivity contribution is 8.14. The fourth-order valence-electron chi connectivity index (χ4n) is 3.11. The summed E-state index contributed by atoms with van der Waals surface area (Å²) in [5.41, 5.74) is 4.51. The van der Waals surface area contributed by atoms with E-state index >= 15 is 0 Å². The molecule has 0 aromatic rings. The van der Waals surface area contributed by atoms with Crippen molar-refractivity contribution >= 4 is 51.3 Å². The molecule has 0 bridgehead atoms. The number of aliphatic hydroxyl groups excluding tert-OH is 1. The normalized spacial score (nSPS) is 27.8. The first-order valence-electron chi connectivity index (χ1n) is 9.82. The van der Waals surface area contributed by atoms with E-state index in [4.69, 9.17) is 10.7 Å². The Morgan fingerprint density at radius 1 is 1.45 bits per heavy atom. The Morgan fingerprint density at radius 3 is 2.59 bits per heavy atom. The number of aliphatic hydroxyl groups is 1. The Labute approximate surface area is 186 Å². The predicted molar refractivity (Wildman–Crippen MR) is 128 cm³/mol. The predicted octanol–water partition coefficient (Wildman–Crippen LogP) is 3.50. The quantitative estimate of drug-likeness (QED) is 0.484. The lowest BCUT2D eigenvalue weighted by Crippen LogP contribution is -2.49. The zero-order valence-corrected chi connectivity index (χ0v) is 20.5. The molecule has 2 heterocycles. The van der Waals surface area contributed by atoms with Gasteiger partial charge < -0.3 is 15.9 Å². The zero-order valence-electron chi connectivity index (χ0n) is 18.0. The molecule has 0 saturated heterocycles. The van der Waals surface area contributed by atoms with E-state index in [9.17, 15) is 15.0 Å². The van der Waals surface area contributed by atoms with E-state index < -0.39 is 29.1 Å². The summed E-state index contributed by atoms with van der Waals surface area (Å²) in [6, 6.07) is -0.302. The highest BCUT2D eigenvalue weighted by atomic mass is 32.2. The SMILES string of the molecule is C/C=C(/SC[C@H](N)[C@@H](O)C(C)(C)C1=N[C@@](C)(C(=O)O)CS1)[C@H]1CSC(C(C)C)=N1. The van der Waals surface area contributed by atoms with Gasteiger partial charge in [0.1, 0.15) is 0 Å². The highest BCUT2D eigenvalue weighted by Gasteiger charge is 2.46. The molecule has 0 aromatic carbocycles. The third kappa shape index (κ3) is 5.61. The Hall–Kier alpha value is -0.480. The molecule has 4 N–H and O–H groups in total. The Morgan fingerprint density at radius 2 is 2.10 bits per heavy atom. The van der Waals surface area contributed by atoms with Crippen LogP contribution in [0.15, 0.2) is 21.0 Å². The number of rotatable bonds is 9. The topological polar surface area (TPSA) is 108 Å². The van der Waals surface area contributed by atoms with Crippen molar-refractivity contribution in [3.63, 3.8) is 0 Å². The van der Waals surface area contributed by atoms with Gasteiger partial charge in [0.15, 0.2) is 5.54 Å². The third-order valence-corrected chi connectivity index (χ3v) is 9.56. The standard InChI is InChI=1S/C20H33N3O3S3/c1-7-14(13-9-28-16(22-13)11(2)3)27-8-12(21)15(24)19(4,5)17-23-20(6,10-29-17)18(25)26/h7,11-13,15,24H,8-10,21H2,1-6H3,(H,25,26)/b14-7+/t12-,13+,15+,20+/m0/s1. The summed E-state index contributed by atoms with van der Waals surface area (Å²) in [6.45, 7) is 11.7. The molecule has 0 aliphatic carbocycles. The number of aliphatic carboxylic acids is 1. The molecule has 9 heteroatoms. The Kier molecular flexibility index (Phi) is 8.35. The molecule has 0 unspecified atom stereocenters. The van der Waals surface area contributed by atoms with Crippen molar-refractivity contribution in [1.82, 2.24) is 0 Å². The molecule has 0 spiro atoms. The Bertz CT molecular complexity index is 721. The number of allylic oxidation sites excluding steroid dienone is 1. The van der Waals surface area contributed by atoms with Crippen LogP contribution in [0, 0.1) is 11.3 Å². The average molecular weight is 460 g/mol. The van der Waals surface area contributed by atoms with Gasteiger partial charge in [-0.15, -0.1) is 35.3 Å². The minimum absolute atomic E-state index is 0.163. The van der Waals surface area contributed by atoms with E-state index in [1.54, 1.807) is 18.7 Å². The maximum Gasteiger partial charge on any atom is 0.332 e. The van der Waals surface area contributed by atoms with E-state index in [1.807, 2.05) is 32.5 Å². The van der Waals surface area contributed by atoms with Crippen LogP contribution in [-0.4, -0.2) is 67.3 Å². The molecule has 164 valence electrons. The summed E-state index contributed by atoms with van der Waals surface area (Å²) < 4.78 is 0. The van der Waals surface area contributed by atoms with E-state index in [1.165, 1.54) is 21.7 Å². The summed E-state index contributed by atoms with van der Waals surface area (Å²) in [6.07, 6.45) is 1.26. The van der Waals surface area contributed by atoms with Crippen molar-refractivity contribution < 1.29 is 15.0 Å². The van der Waals surface area contributed by atoms with Crippen LogP contribution in [0.25, 0.3) is 0 Å². The number of nitrogens with two attached hydrogens (primary N) is 1. The van der Waals surface area contributed by atoms with Crippen molar-refractivity contribution in [3.8, 4) is 0 Å². The van der Waals surface area contributed by atoms with Crippen molar-refractivity contribution in [2.45, 2.75) is 65.3 Å². The molecule has 2 rings (SSSR count). The molecule has 29 heavy (non-hydrogen) atoms. The minimum Gasteiger partial charge on any atom is -0.479 e. The number of aliphatic imine (C=N–C) groups is 2. The smallest absolute Gasteiger partial charge is 0.332 e. The lowest BCUT2D eigenvalue weighted by atomic mass is 9.84. The fourth-order valence-corrected chi connectivity index (χ4v) is 6.76. The van der Waals surface area contributed by atoms with Crippen LogP contribution >= 0.6 is 35.3 Å². The molecule has 0 fully saturated rings. The first kappa shape index (κ1) is 24.8. The first-order chi connectivity index (χ1) is 13.4. The van der Waals surface area contributed by atoms with Gasteiger partial charge in [0.2, 0.25) is 0 Å². The maximum absolute atomic E-state index is 11.5. The van der Waals surface area contributed by atoms with Gasteiger partial charge in [-0.2, -0.15) is 0 Å².